The molecule has 2 fully saturated rings. The van der Waals surface area contributed by atoms with E-state index in [1.165, 1.54) is 51.2 Å². The SMILES string of the molecule is CC(C)[C@@H]1CC[C@@H](C)C[C@@H]1CB(C[C@H]1C[C@H](C)CC[C@H]1C(C)C)O/C(=C/Cl)SC(C)(C)C. The number of thioether (sulfide) groups is 1. The van der Waals surface area contributed by atoms with Crippen molar-refractivity contribution in [1.82, 2.24) is 0 Å². The van der Waals surface area contributed by atoms with Gasteiger partial charge in [0, 0.05) is 4.75 Å². The molecule has 0 aliphatic heterocycles. The Balaban J connectivity index is 2.23. The lowest BCUT2D eigenvalue weighted by Crippen LogP contribution is -2.36. The van der Waals surface area contributed by atoms with E-state index in [2.05, 4.69) is 62.3 Å². The first-order valence-electron chi connectivity index (χ1n) is 13.6. The molecule has 186 valence electrons. The fraction of sp³-hybridized carbons (Fsp3) is 0.929. The average Bonchev–Trinajstić information content (AvgIpc) is 2.65. The Kier molecular flexibility index (Phi) is 11.4. The third kappa shape index (κ3) is 9.12. The maximum Gasteiger partial charge on any atom is 0.359 e. The number of hydrogen-bond acceptors (Lipinski definition) is 2. The van der Waals surface area contributed by atoms with Crippen molar-refractivity contribution in [3.63, 3.8) is 0 Å². The number of hydrogen-bond donors (Lipinski definition) is 0. The molecule has 0 radical (unpaired) electrons. The lowest BCUT2D eigenvalue weighted by atomic mass is 9.49. The maximum absolute atomic E-state index is 6.80. The maximum atomic E-state index is 6.80. The summed E-state index contributed by atoms with van der Waals surface area (Å²) in [6, 6.07) is 0. The normalized spacial score (nSPS) is 32.4. The van der Waals surface area contributed by atoms with Gasteiger partial charge in [-0.2, -0.15) is 0 Å². The van der Waals surface area contributed by atoms with E-state index in [4.69, 9.17) is 16.3 Å². The Morgan fingerprint density at radius 1 is 0.906 bits per heavy atom. The van der Waals surface area contributed by atoms with Crippen LogP contribution in [0, 0.1) is 47.3 Å². The lowest BCUT2D eigenvalue weighted by molar-refractivity contribution is 0.146. The molecule has 0 aromatic heterocycles. The Labute approximate surface area is 210 Å². The Morgan fingerprint density at radius 2 is 1.34 bits per heavy atom. The molecular weight excluding hydrogens is 431 g/mol. The minimum Gasteiger partial charge on any atom is -0.556 e. The van der Waals surface area contributed by atoms with Gasteiger partial charge >= 0.3 is 6.92 Å². The topological polar surface area (TPSA) is 9.23 Å². The summed E-state index contributed by atoms with van der Waals surface area (Å²) in [6.07, 6.45) is 10.7. The van der Waals surface area contributed by atoms with Gasteiger partial charge in [-0.25, -0.2) is 0 Å². The van der Waals surface area contributed by atoms with Crippen LogP contribution in [0.3, 0.4) is 0 Å². The average molecular weight is 483 g/mol. The first-order chi connectivity index (χ1) is 14.9. The fourth-order valence-electron chi connectivity index (χ4n) is 6.75. The van der Waals surface area contributed by atoms with Crippen LogP contribution in [-0.2, 0) is 4.65 Å². The van der Waals surface area contributed by atoms with Gasteiger partial charge in [-0.05, 0) is 85.7 Å². The zero-order valence-corrected chi connectivity index (χ0v) is 24.2. The van der Waals surface area contributed by atoms with E-state index in [0.29, 0.717) is 0 Å². The molecule has 0 spiro atoms. The highest BCUT2D eigenvalue weighted by Gasteiger charge is 2.39. The van der Waals surface area contributed by atoms with Crippen molar-refractivity contribution < 1.29 is 4.65 Å². The lowest BCUT2D eigenvalue weighted by Gasteiger charge is -2.41. The molecule has 0 bridgehead atoms. The van der Waals surface area contributed by atoms with Crippen molar-refractivity contribution in [1.29, 1.82) is 0 Å². The fourth-order valence-corrected chi connectivity index (χ4v) is 7.76. The van der Waals surface area contributed by atoms with Crippen molar-refractivity contribution in [2.24, 2.45) is 47.3 Å². The van der Waals surface area contributed by atoms with Crippen molar-refractivity contribution in [2.45, 2.75) is 118 Å². The van der Waals surface area contributed by atoms with Gasteiger partial charge in [-0.1, -0.05) is 98.5 Å². The molecule has 2 aliphatic carbocycles. The van der Waals surface area contributed by atoms with E-state index in [1.54, 1.807) is 17.3 Å². The molecule has 2 aliphatic rings. The Bertz CT molecular complexity index is 550. The van der Waals surface area contributed by atoms with Crippen LogP contribution >= 0.6 is 23.4 Å². The minimum absolute atomic E-state index is 0.102. The summed E-state index contributed by atoms with van der Waals surface area (Å²) < 4.78 is 6.90. The van der Waals surface area contributed by atoms with Crippen molar-refractivity contribution >= 4 is 30.3 Å². The molecule has 6 atom stereocenters. The molecule has 32 heavy (non-hydrogen) atoms. The van der Waals surface area contributed by atoms with E-state index < -0.39 is 0 Å². The highest BCUT2D eigenvalue weighted by molar-refractivity contribution is 8.04. The molecule has 4 heteroatoms. The van der Waals surface area contributed by atoms with Crippen LogP contribution in [0.15, 0.2) is 10.6 Å². The monoisotopic (exact) mass is 482 g/mol. The highest BCUT2D eigenvalue weighted by atomic mass is 35.5. The second-order valence-electron chi connectivity index (χ2n) is 13.0. The van der Waals surface area contributed by atoms with E-state index in [1.807, 2.05) is 0 Å². The largest absolute Gasteiger partial charge is 0.556 e. The van der Waals surface area contributed by atoms with Crippen LogP contribution in [-0.4, -0.2) is 11.7 Å². The van der Waals surface area contributed by atoms with Crippen molar-refractivity contribution in [3.05, 3.63) is 10.6 Å². The standard InChI is InChI=1S/C28H52BClOS/c1-19(2)25-12-10-21(5)14-23(25)16-29(31-27(18-30)32-28(7,8)9)17-24-15-22(6)11-13-26(24)20(3)4/h18-26H,10-17H2,1-9H3/b27-18-/t21-,22-,23-,24-,25+,26+/m1/s1. The van der Waals surface area contributed by atoms with Gasteiger partial charge in [0.1, 0.15) is 5.09 Å². The second kappa shape index (κ2) is 12.8. The molecule has 0 aromatic rings. The molecule has 0 heterocycles. The van der Waals surface area contributed by atoms with Gasteiger partial charge in [-0.15, -0.1) is 0 Å². The minimum atomic E-state index is 0.102. The van der Waals surface area contributed by atoms with Crippen LogP contribution in [0.4, 0.5) is 0 Å². The summed E-state index contributed by atoms with van der Waals surface area (Å²) in [7, 11) is 0. The molecule has 0 aromatic carbocycles. The molecule has 0 unspecified atom stereocenters. The van der Waals surface area contributed by atoms with Crippen LogP contribution < -0.4 is 0 Å². The predicted octanol–water partition coefficient (Wildman–Crippen LogP) is 9.98. The second-order valence-corrected chi connectivity index (χ2v) is 15.1. The van der Waals surface area contributed by atoms with Gasteiger partial charge in [0.2, 0.25) is 0 Å². The third-order valence-corrected chi connectivity index (χ3v) is 9.58. The first-order valence-corrected chi connectivity index (χ1v) is 14.8. The molecule has 2 saturated carbocycles. The zero-order chi connectivity index (χ0) is 24.1. The smallest absolute Gasteiger partial charge is 0.359 e. The summed E-state index contributed by atoms with van der Waals surface area (Å²) in [4.78, 5) is 0. The summed E-state index contributed by atoms with van der Waals surface area (Å²) in [5.74, 6) is 6.44. The van der Waals surface area contributed by atoms with E-state index >= 15 is 0 Å². The molecule has 2 rings (SSSR count). The Morgan fingerprint density at radius 3 is 1.69 bits per heavy atom. The zero-order valence-electron chi connectivity index (χ0n) is 22.6. The van der Waals surface area contributed by atoms with Crippen LogP contribution in [0.5, 0.6) is 0 Å². The van der Waals surface area contributed by atoms with Gasteiger partial charge in [-0.3, -0.25) is 0 Å². The molecule has 0 N–H and O–H groups in total. The van der Waals surface area contributed by atoms with E-state index in [0.717, 1.165) is 52.4 Å². The molecular formula is C28H52BClOS. The summed E-state index contributed by atoms with van der Waals surface area (Å²) in [5.41, 5.74) is 1.69. The highest BCUT2D eigenvalue weighted by Crippen LogP contribution is 2.45. The van der Waals surface area contributed by atoms with Crippen LogP contribution in [0.2, 0.25) is 12.6 Å². The van der Waals surface area contributed by atoms with Gasteiger partial charge < -0.3 is 4.65 Å². The van der Waals surface area contributed by atoms with Crippen molar-refractivity contribution in [2.75, 3.05) is 0 Å². The Hall–Kier alpha value is 0.245. The third-order valence-electron chi connectivity index (χ3n) is 8.23. The summed E-state index contributed by atoms with van der Waals surface area (Å²) in [6.45, 7) is 21.6. The quantitative estimate of drug-likeness (QED) is 0.239. The van der Waals surface area contributed by atoms with Gasteiger partial charge in [0.15, 0.2) is 0 Å². The number of rotatable bonds is 9. The van der Waals surface area contributed by atoms with Gasteiger partial charge in [0.25, 0.3) is 0 Å². The van der Waals surface area contributed by atoms with E-state index in [-0.39, 0.29) is 11.7 Å². The first kappa shape index (κ1) is 28.5. The molecule has 0 saturated heterocycles. The van der Waals surface area contributed by atoms with Crippen LogP contribution in [0.25, 0.3) is 0 Å². The van der Waals surface area contributed by atoms with Crippen molar-refractivity contribution in [3.8, 4) is 0 Å². The number of halogens is 1. The van der Waals surface area contributed by atoms with Gasteiger partial charge in [0.05, 0.1) is 5.54 Å². The van der Waals surface area contributed by atoms with E-state index in [9.17, 15) is 0 Å². The predicted molar refractivity (Wildman–Crippen MR) is 147 cm³/mol. The molecule has 1 nitrogen and oxygen atoms in total. The summed E-state index contributed by atoms with van der Waals surface area (Å²) >= 11 is 8.08. The molecule has 0 amide bonds. The van der Waals surface area contributed by atoms with Crippen LogP contribution in [0.1, 0.15) is 101 Å². The summed E-state index contributed by atoms with van der Waals surface area (Å²) in [5, 5.41) is 0.916.